The van der Waals surface area contributed by atoms with Crippen LogP contribution in [0.25, 0.3) is 0 Å². The zero-order valence-corrected chi connectivity index (χ0v) is 11.3. The Labute approximate surface area is 121 Å². The van der Waals surface area contributed by atoms with Crippen molar-refractivity contribution in [2.24, 2.45) is 0 Å². The van der Waals surface area contributed by atoms with Crippen molar-refractivity contribution >= 4 is 12.3 Å². The monoisotopic (exact) mass is 280 g/mol. The molecule has 0 spiro atoms. The molecule has 2 atom stereocenters. The molecule has 0 N–H and O–H groups in total. The summed E-state index contributed by atoms with van der Waals surface area (Å²) < 4.78 is 10.7. The minimum atomic E-state index is -1.10. The second kappa shape index (κ2) is 4.02. The van der Waals surface area contributed by atoms with Gasteiger partial charge in [-0.05, 0) is 23.3 Å². The van der Waals surface area contributed by atoms with Crippen LogP contribution in [0.5, 0.6) is 0 Å². The molecule has 0 saturated heterocycles. The molecule has 0 aliphatic carbocycles. The van der Waals surface area contributed by atoms with Gasteiger partial charge in [-0.25, -0.2) is 4.79 Å². The van der Waals surface area contributed by atoms with Crippen molar-refractivity contribution in [1.29, 1.82) is 0 Å². The van der Waals surface area contributed by atoms with Gasteiger partial charge >= 0.3 is 5.97 Å². The first-order valence-electron chi connectivity index (χ1n) is 6.67. The zero-order valence-electron chi connectivity index (χ0n) is 11.3. The lowest BCUT2D eigenvalue weighted by molar-refractivity contribution is -0.125. The van der Waals surface area contributed by atoms with Crippen molar-refractivity contribution in [1.82, 2.24) is 0 Å². The Balaban J connectivity index is 1.97. The molecule has 0 fully saturated rings. The normalized spacial score (nSPS) is 24.3. The maximum Gasteiger partial charge on any atom is 0.337 e. The van der Waals surface area contributed by atoms with Crippen LogP contribution in [0.2, 0.25) is 0 Å². The molecule has 2 aliphatic heterocycles. The summed E-state index contributed by atoms with van der Waals surface area (Å²) in [4.78, 5) is 23.5. The zero-order chi connectivity index (χ0) is 14.6. The minimum Gasteiger partial charge on any atom is -0.465 e. The standard InChI is InChI=1S/C17H12O4/c1-20-16(19)10-6-7-12-14(8-10)17(9-18)13-5-3-2-4-11(13)15(12)21-17/h2-9,15H,1H3. The average molecular weight is 280 g/mol. The van der Waals surface area contributed by atoms with E-state index in [-0.39, 0.29) is 6.10 Å². The summed E-state index contributed by atoms with van der Waals surface area (Å²) in [6.07, 6.45) is 0.576. The highest BCUT2D eigenvalue weighted by molar-refractivity contribution is 5.91. The summed E-state index contributed by atoms with van der Waals surface area (Å²) in [7, 11) is 1.34. The van der Waals surface area contributed by atoms with Gasteiger partial charge in [-0.2, -0.15) is 0 Å². The van der Waals surface area contributed by atoms with Crippen LogP contribution < -0.4 is 0 Å². The number of ether oxygens (including phenoxy) is 2. The minimum absolute atomic E-state index is 0.243. The highest BCUT2D eigenvalue weighted by Gasteiger charge is 2.54. The number of rotatable bonds is 2. The predicted octanol–water partition coefficient (Wildman–Crippen LogP) is 2.35. The fraction of sp³-hybridized carbons (Fsp3) is 0.176. The Kier molecular flexibility index (Phi) is 2.35. The molecule has 0 aromatic heterocycles. The van der Waals surface area contributed by atoms with Crippen molar-refractivity contribution in [3.05, 3.63) is 70.3 Å². The molecular weight excluding hydrogens is 268 g/mol. The second-order valence-corrected chi connectivity index (χ2v) is 5.23. The topological polar surface area (TPSA) is 52.6 Å². The lowest BCUT2D eigenvalue weighted by Crippen LogP contribution is -2.27. The van der Waals surface area contributed by atoms with Gasteiger partial charge < -0.3 is 9.47 Å². The number of aldehydes is 1. The summed E-state index contributed by atoms with van der Waals surface area (Å²) in [6, 6.07) is 12.9. The van der Waals surface area contributed by atoms with Crippen molar-refractivity contribution < 1.29 is 19.1 Å². The molecule has 4 rings (SSSR count). The lowest BCUT2D eigenvalue weighted by atomic mass is 9.78. The molecule has 2 aromatic carbocycles. The van der Waals surface area contributed by atoms with Crippen molar-refractivity contribution in [2.75, 3.05) is 7.11 Å². The van der Waals surface area contributed by atoms with E-state index in [1.165, 1.54) is 7.11 Å². The van der Waals surface area contributed by atoms with Crippen LogP contribution in [0, 0.1) is 0 Å². The summed E-state index contributed by atoms with van der Waals surface area (Å²) in [5.74, 6) is -0.421. The summed E-state index contributed by atoms with van der Waals surface area (Å²) >= 11 is 0. The first-order valence-corrected chi connectivity index (χ1v) is 6.67. The number of carbonyl (C=O) groups is 2. The van der Waals surface area contributed by atoms with E-state index in [9.17, 15) is 9.59 Å². The highest BCUT2D eigenvalue weighted by Crippen LogP contribution is 2.56. The number of esters is 1. The van der Waals surface area contributed by atoms with Crippen LogP contribution in [-0.2, 0) is 19.9 Å². The SMILES string of the molecule is COC(=O)c1ccc2c(c1)C1(C=O)OC2c2ccccc21. The van der Waals surface area contributed by atoms with E-state index in [2.05, 4.69) is 0 Å². The maximum absolute atomic E-state index is 11.8. The van der Waals surface area contributed by atoms with Gasteiger partial charge in [-0.15, -0.1) is 0 Å². The summed E-state index contributed by atoms with van der Waals surface area (Å²) in [5, 5.41) is 0. The summed E-state index contributed by atoms with van der Waals surface area (Å²) in [5.41, 5.74) is 2.88. The number of hydrogen-bond acceptors (Lipinski definition) is 4. The number of methoxy groups -OCH3 is 1. The van der Waals surface area contributed by atoms with Gasteiger partial charge in [0, 0.05) is 11.1 Å². The number of hydrogen-bond donors (Lipinski definition) is 0. The first kappa shape index (κ1) is 12.3. The fourth-order valence-electron chi connectivity index (χ4n) is 3.32. The summed E-state index contributed by atoms with van der Waals surface area (Å²) in [6.45, 7) is 0. The van der Waals surface area contributed by atoms with Crippen molar-refractivity contribution in [3.8, 4) is 0 Å². The average Bonchev–Trinajstić information content (AvgIpc) is 3.06. The van der Waals surface area contributed by atoms with Crippen LogP contribution in [-0.4, -0.2) is 19.4 Å². The van der Waals surface area contributed by atoms with Gasteiger partial charge in [0.25, 0.3) is 0 Å². The van der Waals surface area contributed by atoms with E-state index in [0.29, 0.717) is 5.56 Å². The lowest BCUT2D eigenvalue weighted by Gasteiger charge is -2.23. The van der Waals surface area contributed by atoms with Gasteiger partial charge in [-0.1, -0.05) is 30.3 Å². The molecule has 2 bridgehead atoms. The van der Waals surface area contributed by atoms with Gasteiger partial charge in [0.05, 0.1) is 12.7 Å². The van der Waals surface area contributed by atoms with Gasteiger partial charge in [0.1, 0.15) is 6.10 Å². The first-order chi connectivity index (χ1) is 10.2. The molecule has 0 radical (unpaired) electrons. The molecule has 0 amide bonds. The Morgan fingerprint density at radius 2 is 1.95 bits per heavy atom. The maximum atomic E-state index is 11.8. The highest BCUT2D eigenvalue weighted by atomic mass is 16.5. The third kappa shape index (κ3) is 1.37. The van der Waals surface area contributed by atoms with Gasteiger partial charge in [0.2, 0.25) is 0 Å². The smallest absolute Gasteiger partial charge is 0.337 e. The van der Waals surface area contributed by atoms with E-state index in [4.69, 9.17) is 9.47 Å². The van der Waals surface area contributed by atoms with E-state index in [0.717, 1.165) is 28.5 Å². The Hall–Kier alpha value is -2.46. The molecule has 2 heterocycles. The quantitative estimate of drug-likeness (QED) is 0.626. The second-order valence-electron chi connectivity index (χ2n) is 5.23. The van der Waals surface area contributed by atoms with Crippen LogP contribution in [0.15, 0.2) is 42.5 Å². The molecule has 4 nitrogen and oxygen atoms in total. The van der Waals surface area contributed by atoms with E-state index in [1.807, 2.05) is 30.3 Å². The number of carbonyl (C=O) groups excluding carboxylic acids is 2. The predicted molar refractivity (Wildman–Crippen MR) is 74.0 cm³/mol. The fourth-order valence-corrected chi connectivity index (χ4v) is 3.32. The third-order valence-corrected chi connectivity index (χ3v) is 4.27. The van der Waals surface area contributed by atoms with Crippen molar-refractivity contribution in [2.45, 2.75) is 11.7 Å². The molecule has 21 heavy (non-hydrogen) atoms. The third-order valence-electron chi connectivity index (χ3n) is 4.27. The van der Waals surface area contributed by atoms with E-state index >= 15 is 0 Å². The largest absolute Gasteiger partial charge is 0.465 e. The van der Waals surface area contributed by atoms with E-state index < -0.39 is 11.6 Å². The number of fused-ring (bicyclic) bond motifs is 8. The molecule has 2 aromatic rings. The van der Waals surface area contributed by atoms with Crippen LogP contribution >= 0.6 is 0 Å². The van der Waals surface area contributed by atoms with Crippen molar-refractivity contribution in [3.63, 3.8) is 0 Å². The Bertz CT molecular complexity index is 780. The molecule has 4 heteroatoms. The van der Waals surface area contributed by atoms with Crippen LogP contribution in [0.3, 0.4) is 0 Å². The number of benzene rings is 2. The van der Waals surface area contributed by atoms with Gasteiger partial charge in [0.15, 0.2) is 11.9 Å². The molecule has 104 valence electrons. The Morgan fingerprint density at radius 1 is 1.19 bits per heavy atom. The Morgan fingerprint density at radius 3 is 2.71 bits per heavy atom. The molecular formula is C17H12O4. The van der Waals surface area contributed by atoms with Crippen LogP contribution in [0.1, 0.15) is 38.7 Å². The molecule has 2 aliphatic rings. The molecule has 2 unspecified atom stereocenters. The van der Waals surface area contributed by atoms with Gasteiger partial charge in [-0.3, -0.25) is 4.79 Å². The van der Waals surface area contributed by atoms with E-state index in [1.54, 1.807) is 12.1 Å². The molecule has 0 saturated carbocycles. The van der Waals surface area contributed by atoms with Crippen LogP contribution in [0.4, 0.5) is 0 Å².